The minimum Gasteiger partial charge on any atom is -0.325 e. The van der Waals surface area contributed by atoms with Crippen molar-refractivity contribution in [3.63, 3.8) is 0 Å². The molecule has 33 heavy (non-hydrogen) atoms. The molecular formula is C25H17N7O. The topological polar surface area (TPSA) is 118 Å². The SMILES string of the molecule is [C-]#[N+]c1c(-c2c(-c3ccc4c(=O)[nH]nc(CN)c4c3)cnn2C)cc(C#N)c2ccccc12. The maximum atomic E-state index is 12.2. The molecular weight excluding hydrogens is 414 g/mol. The summed E-state index contributed by atoms with van der Waals surface area (Å²) in [6.45, 7) is 8.05. The fraction of sp³-hybridized carbons (Fsp3) is 0.0800. The Hall–Kier alpha value is -4.79. The zero-order chi connectivity index (χ0) is 23.1. The number of benzene rings is 3. The molecule has 0 unspecified atom stereocenters. The van der Waals surface area contributed by atoms with E-state index in [1.165, 1.54) is 0 Å². The maximum absolute atomic E-state index is 12.2. The summed E-state index contributed by atoms with van der Waals surface area (Å²) in [7, 11) is 1.80. The standard InChI is InChI=1S/C25H17N7O/c1-28-23-17-6-4-3-5-16(17)15(11-26)10-20(23)24-21(13-29-32(24)2)14-7-8-18-19(9-14)22(12-27)30-31-25(18)33/h3-10,13H,12,27H2,2H3,(H,31,33). The molecule has 2 aromatic heterocycles. The average Bonchev–Trinajstić information content (AvgIpc) is 3.24. The van der Waals surface area contributed by atoms with E-state index in [0.717, 1.165) is 16.5 Å². The van der Waals surface area contributed by atoms with Gasteiger partial charge in [0.1, 0.15) is 0 Å². The Morgan fingerprint density at radius 3 is 2.64 bits per heavy atom. The van der Waals surface area contributed by atoms with Crippen molar-refractivity contribution in [2.45, 2.75) is 6.54 Å². The summed E-state index contributed by atoms with van der Waals surface area (Å²) in [6.07, 6.45) is 1.72. The summed E-state index contributed by atoms with van der Waals surface area (Å²) in [5.41, 5.74) is 9.97. The van der Waals surface area contributed by atoms with Gasteiger partial charge in [-0.15, -0.1) is 0 Å². The second kappa shape index (κ2) is 7.72. The Labute approximate surface area is 188 Å². The summed E-state index contributed by atoms with van der Waals surface area (Å²) in [4.78, 5) is 16.0. The minimum atomic E-state index is -0.288. The summed E-state index contributed by atoms with van der Waals surface area (Å²) >= 11 is 0. The molecule has 0 aliphatic heterocycles. The molecule has 0 bridgehead atoms. The van der Waals surface area contributed by atoms with E-state index < -0.39 is 0 Å². The van der Waals surface area contributed by atoms with Crippen LogP contribution in [0.4, 0.5) is 5.69 Å². The maximum Gasteiger partial charge on any atom is 0.272 e. The van der Waals surface area contributed by atoms with Crippen molar-refractivity contribution in [3.05, 3.63) is 87.8 Å². The van der Waals surface area contributed by atoms with E-state index >= 15 is 0 Å². The lowest BCUT2D eigenvalue weighted by atomic mass is 9.93. The summed E-state index contributed by atoms with van der Waals surface area (Å²) in [5.74, 6) is 0. The Morgan fingerprint density at radius 1 is 1.12 bits per heavy atom. The van der Waals surface area contributed by atoms with E-state index in [1.807, 2.05) is 36.4 Å². The van der Waals surface area contributed by atoms with E-state index in [9.17, 15) is 10.1 Å². The number of fused-ring (bicyclic) bond motifs is 2. The number of aromatic nitrogens is 4. The molecule has 0 aliphatic rings. The van der Waals surface area contributed by atoms with Crippen molar-refractivity contribution >= 4 is 27.2 Å². The van der Waals surface area contributed by atoms with Crippen molar-refractivity contribution in [1.82, 2.24) is 20.0 Å². The first-order valence-corrected chi connectivity index (χ1v) is 10.1. The molecule has 0 saturated heterocycles. The Kier molecular flexibility index (Phi) is 4.71. The number of H-pyrrole nitrogens is 1. The van der Waals surface area contributed by atoms with E-state index in [4.69, 9.17) is 12.3 Å². The van der Waals surface area contributed by atoms with Crippen molar-refractivity contribution < 1.29 is 0 Å². The second-order valence-electron chi connectivity index (χ2n) is 7.58. The van der Waals surface area contributed by atoms with Gasteiger partial charge in [0.25, 0.3) is 5.56 Å². The van der Waals surface area contributed by atoms with Crippen LogP contribution in [-0.4, -0.2) is 20.0 Å². The van der Waals surface area contributed by atoms with Crippen molar-refractivity contribution in [2.24, 2.45) is 12.8 Å². The van der Waals surface area contributed by atoms with Crippen LogP contribution in [0.3, 0.4) is 0 Å². The fourth-order valence-electron chi connectivity index (χ4n) is 4.26. The highest BCUT2D eigenvalue weighted by Gasteiger charge is 2.20. The van der Waals surface area contributed by atoms with Gasteiger partial charge in [0.15, 0.2) is 0 Å². The lowest BCUT2D eigenvalue weighted by Gasteiger charge is -2.13. The predicted octanol–water partition coefficient (Wildman–Crippen LogP) is 4.02. The van der Waals surface area contributed by atoms with Gasteiger partial charge in [-0.1, -0.05) is 30.3 Å². The Bertz CT molecular complexity index is 1710. The third-order valence-corrected chi connectivity index (χ3v) is 5.81. The molecule has 3 N–H and O–H groups in total. The van der Waals surface area contributed by atoms with Crippen LogP contribution in [0.15, 0.2) is 59.5 Å². The summed E-state index contributed by atoms with van der Waals surface area (Å²) in [6, 6.07) is 16.8. The monoisotopic (exact) mass is 431 g/mol. The molecule has 0 fully saturated rings. The Morgan fingerprint density at radius 2 is 1.91 bits per heavy atom. The first-order chi connectivity index (χ1) is 16.1. The predicted molar refractivity (Wildman–Crippen MR) is 126 cm³/mol. The van der Waals surface area contributed by atoms with Gasteiger partial charge in [0.05, 0.1) is 41.2 Å². The zero-order valence-corrected chi connectivity index (χ0v) is 17.6. The highest BCUT2D eigenvalue weighted by molar-refractivity contribution is 6.06. The first-order valence-electron chi connectivity index (χ1n) is 10.1. The molecule has 2 heterocycles. The average molecular weight is 431 g/mol. The number of rotatable bonds is 3. The van der Waals surface area contributed by atoms with Crippen LogP contribution >= 0.6 is 0 Å². The van der Waals surface area contributed by atoms with Gasteiger partial charge >= 0.3 is 0 Å². The Balaban J connectivity index is 1.83. The van der Waals surface area contributed by atoms with E-state index in [2.05, 4.69) is 26.2 Å². The number of aromatic amines is 1. The molecule has 5 aromatic rings. The third kappa shape index (κ3) is 3.06. The van der Waals surface area contributed by atoms with Gasteiger partial charge in [-0.25, -0.2) is 9.94 Å². The smallest absolute Gasteiger partial charge is 0.272 e. The van der Waals surface area contributed by atoms with Crippen LogP contribution in [0.25, 0.3) is 48.8 Å². The summed E-state index contributed by atoms with van der Waals surface area (Å²) in [5, 5.41) is 23.4. The number of hydrogen-bond acceptors (Lipinski definition) is 5. The van der Waals surface area contributed by atoms with Gasteiger partial charge in [-0.05, 0) is 34.5 Å². The van der Waals surface area contributed by atoms with Crippen LogP contribution < -0.4 is 11.3 Å². The zero-order valence-electron chi connectivity index (χ0n) is 17.6. The molecule has 0 aliphatic carbocycles. The highest BCUT2D eigenvalue weighted by atomic mass is 16.1. The van der Waals surface area contributed by atoms with Crippen LogP contribution in [0.5, 0.6) is 0 Å². The minimum absolute atomic E-state index is 0.175. The van der Waals surface area contributed by atoms with E-state index in [0.29, 0.717) is 44.4 Å². The van der Waals surface area contributed by atoms with Gasteiger partial charge in [0.2, 0.25) is 5.69 Å². The molecule has 8 nitrogen and oxygen atoms in total. The second-order valence-corrected chi connectivity index (χ2v) is 7.58. The largest absolute Gasteiger partial charge is 0.325 e. The lowest BCUT2D eigenvalue weighted by Crippen LogP contribution is -2.13. The molecule has 0 amide bonds. The van der Waals surface area contributed by atoms with Crippen LogP contribution in [0.2, 0.25) is 0 Å². The third-order valence-electron chi connectivity index (χ3n) is 5.81. The molecule has 3 aromatic carbocycles. The quantitative estimate of drug-likeness (QED) is 0.418. The molecule has 158 valence electrons. The van der Waals surface area contributed by atoms with Gasteiger partial charge < -0.3 is 5.73 Å². The van der Waals surface area contributed by atoms with Crippen molar-refractivity contribution in [2.75, 3.05) is 0 Å². The molecule has 0 atom stereocenters. The number of hydrogen-bond donors (Lipinski definition) is 2. The first kappa shape index (κ1) is 20.1. The molecule has 5 rings (SSSR count). The molecule has 0 radical (unpaired) electrons. The van der Waals surface area contributed by atoms with E-state index in [1.54, 1.807) is 30.1 Å². The number of nitrogens with zero attached hydrogens (tertiary/aromatic N) is 5. The van der Waals surface area contributed by atoms with Crippen molar-refractivity contribution in [1.29, 1.82) is 5.26 Å². The number of nitriles is 1. The fourth-order valence-corrected chi connectivity index (χ4v) is 4.26. The van der Waals surface area contributed by atoms with Gasteiger partial charge in [0, 0.05) is 30.1 Å². The molecule has 0 spiro atoms. The van der Waals surface area contributed by atoms with Crippen LogP contribution in [0, 0.1) is 17.9 Å². The molecule has 0 saturated carbocycles. The summed E-state index contributed by atoms with van der Waals surface area (Å²) < 4.78 is 1.69. The van der Waals surface area contributed by atoms with Gasteiger partial charge in [-0.3, -0.25) is 9.48 Å². The van der Waals surface area contributed by atoms with Crippen molar-refractivity contribution in [3.8, 4) is 28.5 Å². The van der Waals surface area contributed by atoms with Crippen LogP contribution in [0.1, 0.15) is 11.3 Å². The van der Waals surface area contributed by atoms with Gasteiger partial charge in [-0.2, -0.15) is 15.5 Å². The molecule has 8 heteroatoms. The van der Waals surface area contributed by atoms with Crippen LogP contribution in [-0.2, 0) is 13.6 Å². The normalized spacial score (nSPS) is 10.9. The number of nitrogens with two attached hydrogens (primary N) is 1. The van der Waals surface area contributed by atoms with E-state index in [-0.39, 0.29) is 12.1 Å². The highest BCUT2D eigenvalue weighted by Crippen LogP contribution is 2.42. The number of aryl methyl sites for hydroxylation is 1. The lowest BCUT2D eigenvalue weighted by molar-refractivity contribution is 0.776. The number of nitrogens with one attached hydrogen (secondary N) is 1.